The molecular weight excluding hydrogens is 380 g/mol. The number of benzene rings is 1. The number of thiazole rings is 1. The lowest BCUT2D eigenvalue weighted by Crippen LogP contribution is -2.44. The highest BCUT2D eigenvalue weighted by atomic mass is 79.9. The van der Waals surface area contributed by atoms with Crippen LogP contribution in [0.15, 0.2) is 38.9 Å². The van der Waals surface area contributed by atoms with Crippen molar-refractivity contribution in [2.24, 2.45) is 0 Å². The van der Waals surface area contributed by atoms with E-state index >= 15 is 0 Å². The molecule has 23 heavy (non-hydrogen) atoms. The van der Waals surface area contributed by atoms with Crippen molar-refractivity contribution in [2.45, 2.75) is 19.6 Å². The van der Waals surface area contributed by atoms with E-state index in [9.17, 15) is 9.59 Å². The van der Waals surface area contributed by atoms with Gasteiger partial charge in [-0.25, -0.2) is 0 Å². The molecular formula is C16H17BrN2O3S. The number of nitrogens with zero attached hydrogens (tertiary/aromatic N) is 2. The van der Waals surface area contributed by atoms with E-state index in [-0.39, 0.29) is 23.4 Å². The maximum absolute atomic E-state index is 12.5. The van der Waals surface area contributed by atoms with Crippen LogP contribution in [0.2, 0.25) is 0 Å². The molecule has 1 aliphatic rings. The van der Waals surface area contributed by atoms with Gasteiger partial charge in [0.2, 0.25) is 5.91 Å². The molecule has 1 saturated heterocycles. The number of ether oxygens (including phenoxy) is 1. The predicted octanol–water partition coefficient (Wildman–Crippen LogP) is 2.58. The number of hydrogen-bond donors (Lipinski definition) is 0. The number of rotatable bonds is 3. The summed E-state index contributed by atoms with van der Waals surface area (Å²) >= 11 is 4.54. The molecule has 7 heteroatoms. The minimum Gasteiger partial charge on any atom is -0.370 e. The largest absolute Gasteiger partial charge is 0.370 e. The minimum atomic E-state index is -0.124. The lowest BCUT2D eigenvalue weighted by atomic mass is 10.1. The van der Waals surface area contributed by atoms with Crippen molar-refractivity contribution in [3.63, 3.8) is 0 Å². The van der Waals surface area contributed by atoms with Gasteiger partial charge in [-0.1, -0.05) is 39.4 Å². The summed E-state index contributed by atoms with van der Waals surface area (Å²) in [5.41, 5.74) is 1.88. The van der Waals surface area contributed by atoms with Crippen LogP contribution in [0.25, 0.3) is 0 Å². The summed E-state index contributed by atoms with van der Waals surface area (Å²) in [6, 6.07) is 7.92. The summed E-state index contributed by atoms with van der Waals surface area (Å²) in [6.45, 7) is 3.52. The molecule has 1 aliphatic heterocycles. The quantitative estimate of drug-likeness (QED) is 0.800. The highest BCUT2D eigenvalue weighted by Gasteiger charge is 2.26. The molecule has 0 bridgehead atoms. The zero-order valence-electron chi connectivity index (χ0n) is 12.7. The van der Waals surface area contributed by atoms with E-state index in [1.54, 1.807) is 10.3 Å². The standard InChI is InChI=1S/C16H17BrN2O3S/c1-11-10-23-16(21)19(11)9-15(20)18-6-7-22-14(8-18)12-2-4-13(17)5-3-12/h2-5,10,14H,6-9H2,1H3. The number of carbonyl (C=O) groups is 1. The lowest BCUT2D eigenvalue weighted by Gasteiger charge is -2.33. The second-order valence-electron chi connectivity index (χ2n) is 5.48. The molecule has 0 spiro atoms. The van der Waals surface area contributed by atoms with Gasteiger partial charge in [0, 0.05) is 22.1 Å². The molecule has 1 fully saturated rings. The van der Waals surface area contributed by atoms with E-state index in [0.717, 1.165) is 27.1 Å². The van der Waals surface area contributed by atoms with E-state index in [0.29, 0.717) is 19.7 Å². The molecule has 2 aromatic rings. The number of morpholine rings is 1. The first-order valence-electron chi connectivity index (χ1n) is 7.34. The fourth-order valence-electron chi connectivity index (χ4n) is 2.59. The highest BCUT2D eigenvalue weighted by molar-refractivity contribution is 9.10. The van der Waals surface area contributed by atoms with Crippen LogP contribution in [0.5, 0.6) is 0 Å². The Morgan fingerprint density at radius 2 is 2.13 bits per heavy atom. The maximum atomic E-state index is 12.5. The topological polar surface area (TPSA) is 51.5 Å². The maximum Gasteiger partial charge on any atom is 0.307 e. The van der Waals surface area contributed by atoms with E-state index < -0.39 is 0 Å². The van der Waals surface area contributed by atoms with Crippen molar-refractivity contribution in [3.8, 4) is 0 Å². The van der Waals surface area contributed by atoms with Crippen molar-refractivity contribution < 1.29 is 9.53 Å². The first-order valence-corrected chi connectivity index (χ1v) is 9.01. The van der Waals surface area contributed by atoms with Crippen LogP contribution in [0.3, 0.4) is 0 Å². The van der Waals surface area contributed by atoms with E-state index in [1.165, 1.54) is 4.57 Å². The van der Waals surface area contributed by atoms with Crippen molar-refractivity contribution >= 4 is 33.2 Å². The summed E-state index contributed by atoms with van der Waals surface area (Å²) in [6.07, 6.45) is -0.124. The van der Waals surface area contributed by atoms with Gasteiger partial charge in [0.05, 0.1) is 13.2 Å². The van der Waals surface area contributed by atoms with E-state index in [1.807, 2.05) is 31.2 Å². The zero-order valence-corrected chi connectivity index (χ0v) is 15.1. The van der Waals surface area contributed by atoms with E-state index in [2.05, 4.69) is 15.9 Å². The van der Waals surface area contributed by atoms with Crippen molar-refractivity contribution in [2.75, 3.05) is 19.7 Å². The van der Waals surface area contributed by atoms with Crippen LogP contribution in [0, 0.1) is 6.92 Å². The highest BCUT2D eigenvalue weighted by Crippen LogP contribution is 2.24. The van der Waals surface area contributed by atoms with Gasteiger partial charge < -0.3 is 9.64 Å². The third-order valence-corrected chi connectivity index (χ3v) is 5.34. The summed E-state index contributed by atoms with van der Waals surface area (Å²) in [7, 11) is 0. The normalized spacial score (nSPS) is 18.2. The lowest BCUT2D eigenvalue weighted by molar-refractivity contribution is -0.139. The molecule has 0 saturated carbocycles. The van der Waals surface area contributed by atoms with Crippen LogP contribution >= 0.6 is 27.3 Å². The number of hydrogen-bond acceptors (Lipinski definition) is 4. The molecule has 0 aliphatic carbocycles. The third kappa shape index (κ3) is 3.73. The van der Waals surface area contributed by atoms with Crippen LogP contribution in [0.1, 0.15) is 17.4 Å². The third-order valence-electron chi connectivity index (χ3n) is 3.93. The Morgan fingerprint density at radius 1 is 1.39 bits per heavy atom. The molecule has 2 heterocycles. The molecule has 122 valence electrons. The van der Waals surface area contributed by atoms with Crippen LogP contribution in [-0.4, -0.2) is 35.1 Å². The minimum absolute atomic E-state index is 0.0426. The number of aromatic nitrogens is 1. The molecule has 5 nitrogen and oxygen atoms in total. The summed E-state index contributed by atoms with van der Waals surface area (Å²) in [4.78, 5) is 26.0. The molecule has 0 radical (unpaired) electrons. The second kappa shape index (κ2) is 6.98. The zero-order chi connectivity index (χ0) is 16.4. The van der Waals surface area contributed by atoms with Gasteiger partial charge in [-0.05, 0) is 24.6 Å². The number of amides is 1. The van der Waals surface area contributed by atoms with Gasteiger partial charge in [-0.2, -0.15) is 0 Å². The van der Waals surface area contributed by atoms with Crippen molar-refractivity contribution in [3.05, 3.63) is 55.0 Å². The summed E-state index contributed by atoms with van der Waals surface area (Å²) in [5.74, 6) is -0.0426. The average Bonchev–Trinajstić information content (AvgIpc) is 2.87. The van der Waals surface area contributed by atoms with Crippen LogP contribution in [0.4, 0.5) is 0 Å². The fourth-order valence-corrected chi connectivity index (χ4v) is 3.59. The van der Waals surface area contributed by atoms with Gasteiger partial charge >= 0.3 is 4.87 Å². The van der Waals surface area contributed by atoms with Crippen LogP contribution in [-0.2, 0) is 16.1 Å². The number of carbonyl (C=O) groups excluding carboxylic acids is 1. The molecule has 1 unspecified atom stereocenters. The molecule has 0 N–H and O–H groups in total. The van der Waals surface area contributed by atoms with Gasteiger partial charge in [-0.15, -0.1) is 0 Å². The molecule has 1 aromatic carbocycles. The second-order valence-corrected chi connectivity index (χ2v) is 7.22. The predicted molar refractivity (Wildman–Crippen MR) is 92.7 cm³/mol. The van der Waals surface area contributed by atoms with Crippen LogP contribution < -0.4 is 4.87 Å². The number of aryl methyl sites for hydroxylation is 1. The fraction of sp³-hybridized carbons (Fsp3) is 0.375. The monoisotopic (exact) mass is 396 g/mol. The Hall–Kier alpha value is -1.44. The van der Waals surface area contributed by atoms with Gasteiger partial charge in [0.15, 0.2) is 0 Å². The Bertz CT molecular complexity index is 753. The first-order chi connectivity index (χ1) is 11.0. The Balaban J connectivity index is 1.69. The van der Waals surface area contributed by atoms with Crippen molar-refractivity contribution in [1.82, 2.24) is 9.47 Å². The summed E-state index contributed by atoms with van der Waals surface area (Å²) in [5, 5.41) is 1.78. The number of halogens is 1. The Labute approximate surface area is 146 Å². The molecule has 1 amide bonds. The SMILES string of the molecule is Cc1csc(=O)n1CC(=O)N1CCOC(c2ccc(Br)cc2)C1. The first kappa shape index (κ1) is 16.4. The van der Waals surface area contributed by atoms with E-state index in [4.69, 9.17) is 4.74 Å². The van der Waals surface area contributed by atoms with Gasteiger partial charge in [0.1, 0.15) is 12.6 Å². The van der Waals surface area contributed by atoms with Gasteiger partial charge in [-0.3, -0.25) is 14.2 Å². The Morgan fingerprint density at radius 3 is 2.78 bits per heavy atom. The smallest absolute Gasteiger partial charge is 0.307 e. The molecule has 3 rings (SSSR count). The van der Waals surface area contributed by atoms with Crippen molar-refractivity contribution in [1.29, 1.82) is 0 Å². The van der Waals surface area contributed by atoms with Gasteiger partial charge in [0.25, 0.3) is 0 Å². The molecule has 1 atom stereocenters. The summed E-state index contributed by atoms with van der Waals surface area (Å²) < 4.78 is 8.33. The molecule has 1 aromatic heterocycles. The average molecular weight is 397 g/mol. The Kier molecular flexibility index (Phi) is 4.99.